The van der Waals surface area contributed by atoms with E-state index in [0.717, 1.165) is 37.1 Å². The minimum absolute atomic E-state index is 0.0389. The van der Waals surface area contributed by atoms with Crippen molar-refractivity contribution in [2.75, 3.05) is 6.54 Å². The second-order valence-electron chi connectivity index (χ2n) is 9.37. The average Bonchev–Trinajstić information content (AvgIpc) is 2.88. The molecular weight excluding hydrogens is 421 g/mol. The van der Waals surface area contributed by atoms with Crippen molar-refractivity contribution in [3.63, 3.8) is 0 Å². The van der Waals surface area contributed by atoms with E-state index >= 15 is 0 Å². The van der Waals surface area contributed by atoms with Gasteiger partial charge in [0.25, 0.3) is 0 Å². The molecule has 0 amide bonds. The van der Waals surface area contributed by atoms with Crippen LogP contribution in [-0.2, 0) is 6.42 Å². The van der Waals surface area contributed by atoms with Crippen molar-refractivity contribution < 1.29 is 9.13 Å². The van der Waals surface area contributed by atoms with Gasteiger partial charge in [0.1, 0.15) is 17.7 Å². The van der Waals surface area contributed by atoms with Gasteiger partial charge in [0.05, 0.1) is 0 Å². The molecule has 5 rings (SSSR count). The highest BCUT2D eigenvalue weighted by atomic mass is 19.1. The number of aryl methyl sites for hydroxylation is 1. The Balaban J connectivity index is 1.37. The third-order valence-electron chi connectivity index (χ3n) is 7.02. The summed E-state index contributed by atoms with van der Waals surface area (Å²) < 4.78 is 20.8. The van der Waals surface area contributed by atoms with Crippen molar-refractivity contribution in [2.24, 2.45) is 0 Å². The first-order valence-electron chi connectivity index (χ1n) is 12.4. The summed E-state index contributed by atoms with van der Waals surface area (Å²) in [5.74, 6) is 1.03. The van der Waals surface area contributed by atoms with Gasteiger partial charge < -0.3 is 10.1 Å². The van der Waals surface area contributed by atoms with E-state index in [-0.39, 0.29) is 23.9 Å². The number of para-hydroxylation sites is 1. The number of fused-ring (bicyclic) bond motifs is 2. The molecule has 1 N–H and O–H groups in total. The standard InChI is InChI=1S/C31H32FNO/c1-3-9-24-18-23(16-17-30(24)32)29-19-25(34-31-15-7-6-13-28(29)31)20-33-21(2)26-14-8-11-22-10-4-5-12-27(22)26/h4-8,10-18,21,25,29,33H,3,9,19-20H2,1-2H3/t21-,25?,29?/m1/s1. The number of nitrogens with one attached hydrogen (secondary N) is 1. The fraction of sp³-hybridized carbons (Fsp3) is 0.290. The summed E-state index contributed by atoms with van der Waals surface area (Å²) in [5, 5.41) is 6.26. The van der Waals surface area contributed by atoms with Gasteiger partial charge in [-0.3, -0.25) is 0 Å². The van der Waals surface area contributed by atoms with Crippen LogP contribution in [0.3, 0.4) is 0 Å². The van der Waals surface area contributed by atoms with Gasteiger partial charge in [-0.25, -0.2) is 4.39 Å². The second-order valence-corrected chi connectivity index (χ2v) is 9.37. The van der Waals surface area contributed by atoms with Crippen molar-refractivity contribution in [2.45, 2.75) is 51.2 Å². The van der Waals surface area contributed by atoms with E-state index < -0.39 is 0 Å². The summed E-state index contributed by atoms with van der Waals surface area (Å²) in [7, 11) is 0. The maximum atomic E-state index is 14.3. The second kappa shape index (κ2) is 9.99. The Hall–Kier alpha value is -3.17. The van der Waals surface area contributed by atoms with Crippen LogP contribution in [0.1, 0.15) is 60.9 Å². The lowest BCUT2D eigenvalue weighted by Crippen LogP contribution is -2.37. The predicted octanol–water partition coefficient (Wildman–Crippen LogP) is 7.57. The first-order valence-corrected chi connectivity index (χ1v) is 12.4. The number of rotatable bonds is 7. The Labute approximate surface area is 201 Å². The van der Waals surface area contributed by atoms with Crippen LogP contribution in [0.4, 0.5) is 4.39 Å². The normalized spacial score (nSPS) is 18.3. The highest BCUT2D eigenvalue weighted by Gasteiger charge is 2.30. The van der Waals surface area contributed by atoms with Crippen LogP contribution in [0.2, 0.25) is 0 Å². The Morgan fingerprint density at radius 2 is 1.76 bits per heavy atom. The van der Waals surface area contributed by atoms with Gasteiger partial charge in [0.2, 0.25) is 0 Å². The summed E-state index contributed by atoms with van der Waals surface area (Å²) in [6.07, 6.45) is 2.60. The lowest BCUT2D eigenvalue weighted by Gasteiger charge is -2.33. The minimum Gasteiger partial charge on any atom is -0.489 e. The van der Waals surface area contributed by atoms with E-state index in [1.165, 1.54) is 27.5 Å². The zero-order valence-electron chi connectivity index (χ0n) is 19.9. The largest absolute Gasteiger partial charge is 0.489 e. The first kappa shape index (κ1) is 22.6. The highest BCUT2D eigenvalue weighted by molar-refractivity contribution is 5.86. The van der Waals surface area contributed by atoms with Gasteiger partial charge in [-0.2, -0.15) is 0 Å². The molecule has 34 heavy (non-hydrogen) atoms. The lowest BCUT2D eigenvalue weighted by molar-refractivity contribution is 0.159. The summed E-state index contributed by atoms with van der Waals surface area (Å²) in [6.45, 7) is 5.06. The molecule has 2 nitrogen and oxygen atoms in total. The molecule has 3 atom stereocenters. The molecule has 0 aromatic heterocycles. The van der Waals surface area contributed by atoms with Gasteiger partial charge in [-0.05, 0) is 59.4 Å². The molecule has 0 saturated carbocycles. The highest BCUT2D eigenvalue weighted by Crippen LogP contribution is 2.41. The van der Waals surface area contributed by atoms with Crippen LogP contribution in [0.5, 0.6) is 5.75 Å². The van der Waals surface area contributed by atoms with Crippen LogP contribution >= 0.6 is 0 Å². The van der Waals surface area contributed by atoms with Crippen LogP contribution < -0.4 is 10.1 Å². The Bertz CT molecular complexity index is 1280. The molecule has 1 aliphatic rings. The van der Waals surface area contributed by atoms with E-state index in [2.05, 4.69) is 85.9 Å². The van der Waals surface area contributed by atoms with Crippen LogP contribution in [0, 0.1) is 5.82 Å². The van der Waals surface area contributed by atoms with Gasteiger partial charge >= 0.3 is 0 Å². The topological polar surface area (TPSA) is 21.3 Å². The van der Waals surface area contributed by atoms with Crippen molar-refractivity contribution in [3.05, 3.63) is 113 Å². The maximum Gasteiger partial charge on any atom is 0.126 e. The molecule has 0 aliphatic carbocycles. The number of hydrogen-bond acceptors (Lipinski definition) is 2. The number of benzene rings is 4. The monoisotopic (exact) mass is 453 g/mol. The van der Waals surface area contributed by atoms with Crippen molar-refractivity contribution in [1.82, 2.24) is 5.32 Å². The molecule has 1 aliphatic heterocycles. The number of halogens is 1. The van der Waals surface area contributed by atoms with Gasteiger partial charge in [-0.15, -0.1) is 0 Å². The van der Waals surface area contributed by atoms with E-state index in [9.17, 15) is 4.39 Å². The lowest BCUT2D eigenvalue weighted by atomic mass is 9.83. The molecular formula is C31H32FNO. The fourth-order valence-electron chi connectivity index (χ4n) is 5.25. The molecule has 174 valence electrons. The average molecular weight is 454 g/mol. The van der Waals surface area contributed by atoms with Crippen molar-refractivity contribution in [3.8, 4) is 5.75 Å². The van der Waals surface area contributed by atoms with Crippen molar-refractivity contribution >= 4 is 10.8 Å². The van der Waals surface area contributed by atoms with Gasteiger partial charge in [0.15, 0.2) is 0 Å². The predicted molar refractivity (Wildman–Crippen MR) is 138 cm³/mol. The summed E-state index contributed by atoms with van der Waals surface area (Å²) in [5.41, 5.74) is 4.47. The Morgan fingerprint density at radius 3 is 2.65 bits per heavy atom. The minimum atomic E-state index is -0.104. The van der Waals surface area contributed by atoms with Crippen molar-refractivity contribution in [1.29, 1.82) is 0 Å². The fourth-order valence-corrected chi connectivity index (χ4v) is 5.25. The molecule has 1 heterocycles. The number of hydrogen-bond donors (Lipinski definition) is 1. The molecule has 0 spiro atoms. The zero-order valence-corrected chi connectivity index (χ0v) is 19.9. The van der Waals surface area contributed by atoms with E-state index in [4.69, 9.17) is 4.74 Å². The molecule has 0 radical (unpaired) electrons. The molecule has 0 saturated heterocycles. The van der Waals surface area contributed by atoms with Gasteiger partial charge in [-0.1, -0.05) is 86.1 Å². The molecule has 3 heteroatoms. The molecule has 0 fully saturated rings. The molecule has 4 aromatic rings. The molecule has 4 aromatic carbocycles. The van der Waals surface area contributed by atoms with E-state index in [1.54, 1.807) is 6.07 Å². The zero-order chi connectivity index (χ0) is 23.5. The Kier molecular flexibility index (Phi) is 6.64. The number of ether oxygens (including phenoxy) is 1. The van der Waals surface area contributed by atoms with E-state index in [1.807, 2.05) is 12.1 Å². The van der Waals surface area contributed by atoms with Crippen LogP contribution in [0.15, 0.2) is 84.9 Å². The van der Waals surface area contributed by atoms with E-state index in [0.29, 0.717) is 0 Å². The molecule has 0 bridgehead atoms. The maximum absolute atomic E-state index is 14.3. The summed E-state index contributed by atoms with van der Waals surface area (Å²) in [4.78, 5) is 0. The third-order valence-corrected chi connectivity index (χ3v) is 7.02. The summed E-state index contributed by atoms with van der Waals surface area (Å²) in [6, 6.07) is 29.2. The van der Waals surface area contributed by atoms with Crippen LogP contribution in [-0.4, -0.2) is 12.6 Å². The summed E-state index contributed by atoms with van der Waals surface area (Å²) >= 11 is 0. The third kappa shape index (κ3) is 4.58. The van der Waals surface area contributed by atoms with Gasteiger partial charge in [0, 0.05) is 24.1 Å². The molecule has 2 unspecified atom stereocenters. The smallest absolute Gasteiger partial charge is 0.126 e. The SMILES string of the molecule is CCCc1cc(C2CC(CN[C@H](C)c3cccc4ccccc34)Oc3ccccc32)ccc1F. The van der Waals surface area contributed by atoms with Crippen LogP contribution in [0.25, 0.3) is 10.8 Å². The Morgan fingerprint density at radius 1 is 0.971 bits per heavy atom. The quantitative estimate of drug-likeness (QED) is 0.312. The first-order chi connectivity index (χ1) is 16.6.